The van der Waals surface area contributed by atoms with Gasteiger partial charge in [0.1, 0.15) is 0 Å². The zero-order chi connectivity index (χ0) is 17.5. The first kappa shape index (κ1) is 21.5. The van der Waals surface area contributed by atoms with E-state index in [1.807, 2.05) is 18.7 Å². The number of likely N-dealkylation sites (tertiary alicyclic amines) is 1. The van der Waals surface area contributed by atoms with E-state index in [0.717, 1.165) is 23.3 Å². The summed E-state index contributed by atoms with van der Waals surface area (Å²) in [6.45, 7) is 9.00. The molecular weight excluding hydrogens is 350 g/mol. The predicted octanol–water partition coefficient (Wildman–Crippen LogP) is 2.13. The van der Waals surface area contributed by atoms with E-state index in [2.05, 4.69) is 25.8 Å². The number of thioether (sulfide) groups is 1. The lowest BCUT2D eigenvalue weighted by atomic mass is 10.2. The van der Waals surface area contributed by atoms with Gasteiger partial charge >= 0.3 is 0 Å². The van der Waals surface area contributed by atoms with Crippen molar-refractivity contribution in [2.45, 2.75) is 27.2 Å². The third kappa shape index (κ3) is 10.1. The van der Waals surface area contributed by atoms with E-state index in [9.17, 15) is 12.6 Å². The predicted molar refractivity (Wildman–Crippen MR) is 103 cm³/mol. The average molecular weight is 384 g/mol. The molecule has 4 heterocycles. The number of rotatable bonds is 0. The SMILES string of the molecule is CC1CS(=O)(=O)C1.CC1CS(=O)C1.CC1CSC1.CN1CCC1. The molecule has 0 aromatic carbocycles. The summed E-state index contributed by atoms with van der Waals surface area (Å²) in [6, 6.07) is 0. The van der Waals surface area contributed by atoms with E-state index >= 15 is 0 Å². The van der Waals surface area contributed by atoms with E-state index in [1.165, 1.54) is 31.0 Å². The Balaban J connectivity index is 0.000000155. The van der Waals surface area contributed by atoms with E-state index in [-0.39, 0.29) is 0 Å². The molecule has 4 nitrogen and oxygen atoms in total. The average Bonchev–Trinajstić information content (AvgIpc) is 2.33. The Kier molecular flexibility index (Phi) is 9.71. The van der Waals surface area contributed by atoms with Crippen LogP contribution in [0.1, 0.15) is 27.2 Å². The minimum absolute atomic E-state index is 0.410. The number of nitrogens with zero attached hydrogens (tertiary/aromatic N) is 1. The molecular formula is C16H33NO3S3. The maximum atomic E-state index is 10.3. The number of hydrogen-bond donors (Lipinski definition) is 0. The molecule has 23 heavy (non-hydrogen) atoms. The van der Waals surface area contributed by atoms with E-state index in [4.69, 9.17) is 0 Å². The van der Waals surface area contributed by atoms with Crippen LogP contribution in [0.15, 0.2) is 0 Å². The molecule has 0 unspecified atom stereocenters. The van der Waals surface area contributed by atoms with Crippen molar-refractivity contribution >= 4 is 32.4 Å². The summed E-state index contributed by atoms with van der Waals surface area (Å²) in [5.41, 5.74) is 0. The van der Waals surface area contributed by atoms with Gasteiger partial charge in [0.2, 0.25) is 0 Å². The summed E-state index contributed by atoms with van der Waals surface area (Å²) in [6.07, 6.45) is 1.41. The Morgan fingerprint density at radius 2 is 1.39 bits per heavy atom. The monoisotopic (exact) mass is 383 g/mol. The Hall–Kier alpha value is 0.410. The van der Waals surface area contributed by atoms with Gasteiger partial charge < -0.3 is 4.90 Å². The quantitative estimate of drug-likeness (QED) is 0.641. The maximum absolute atomic E-state index is 10.3. The van der Waals surface area contributed by atoms with Gasteiger partial charge in [0.05, 0.1) is 11.5 Å². The second-order valence-electron chi connectivity index (χ2n) is 7.36. The molecule has 0 radical (unpaired) electrons. The lowest BCUT2D eigenvalue weighted by Crippen LogP contribution is -2.33. The van der Waals surface area contributed by atoms with Gasteiger partial charge in [-0.25, -0.2) is 8.42 Å². The highest BCUT2D eigenvalue weighted by Crippen LogP contribution is 2.22. The van der Waals surface area contributed by atoms with E-state index in [1.54, 1.807) is 0 Å². The summed E-state index contributed by atoms with van der Waals surface area (Å²) >= 11 is 2.05. The fraction of sp³-hybridized carbons (Fsp3) is 1.00. The first-order chi connectivity index (χ1) is 10.7. The maximum Gasteiger partial charge on any atom is 0.150 e. The molecule has 4 saturated heterocycles. The molecule has 138 valence electrons. The Morgan fingerprint density at radius 3 is 1.39 bits per heavy atom. The van der Waals surface area contributed by atoms with Crippen LogP contribution in [0.5, 0.6) is 0 Å². The minimum atomic E-state index is -2.53. The molecule has 0 aromatic rings. The molecule has 0 spiro atoms. The van der Waals surface area contributed by atoms with Crippen LogP contribution in [0.4, 0.5) is 0 Å². The third-order valence-corrected chi connectivity index (χ3v) is 9.55. The molecule has 0 aliphatic carbocycles. The van der Waals surface area contributed by atoms with Crippen LogP contribution in [-0.4, -0.2) is 72.2 Å². The van der Waals surface area contributed by atoms with Gasteiger partial charge in [0, 0.05) is 22.3 Å². The molecule has 0 bridgehead atoms. The Bertz CT molecular complexity index is 427. The minimum Gasteiger partial charge on any atom is -0.306 e. The molecule has 0 amide bonds. The largest absolute Gasteiger partial charge is 0.306 e. The Morgan fingerprint density at radius 1 is 0.957 bits per heavy atom. The van der Waals surface area contributed by atoms with Crippen molar-refractivity contribution < 1.29 is 12.6 Å². The molecule has 4 fully saturated rings. The standard InChI is InChI=1S/C4H9N.C4H8O2S.C4H8OS.C4H8S/c1-5-3-2-4-5;1-4-2-7(5,6)3-4;1-4-2-6(5)3-4;1-4-2-5-3-4/h2-4H2,1H3;4H,2-3H2,1H3;4H,2-3H2,1H3;4H,2-3H2,1H3. The highest BCUT2D eigenvalue weighted by atomic mass is 32.2. The lowest BCUT2D eigenvalue weighted by Gasteiger charge is -2.24. The normalized spacial score (nSPS) is 31.8. The fourth-order valence-corrected chi connectivity index (χ4v) is 5.75. The molecule has 4 aliphatic rings. The van der Waals surface area contributed by atoms with Gasteiger partial charge in [0.15, 0.2) is 9.84 Å². The van der Waals surface area contributed by atoms with Crippen molar-refractivity contribution in [1.29, 1.82) is 0 Å². The van der Waals surface area contributed by atoms with Crippen LogP contribution in [0.2, 0.25) is 0 Å². The summed E-state index contributed by atoms with van der Waals surface area (Å²) in [5.74, 6) is 7.70. The van der Waals surface area contributed by atoms with Crippen molar-refractivity contribution in [3.05, 3.63) is 0 Å². The van der Waals surface area contributed by atoms with Gasteiger partial charge in [-0.05, 0) is 55.8 Å². The van der Waals surface area contributed by atoms with Gasteiger partial charge in [-0.3, -0.25) is 4.21 Å². The molecule has 0 N–H and O–H groups in total. The summed E-state index contributed by atoms with van der Waals surface area (Å²) in [4.78, 5) is 2.31. The molecule has 0 saturated carbocycles. The fourth-order valence-electron chi connectivity index (χ4n) is 2.23. The van der Waals surface area contributed by atoms with Gasteiger partial charge in [0.25, 0.3) is 0 Å². The molecule has 4 aliphatic heterocycles. The van der Waals surface area contributed by atoms with Crippen LogP contribution >= 0.6 is 11.8 Å². The van der Waals surface area contributed by atoms with Gasteiger partial charge in [-0.1, -0.05) is 20.8 Å². The highest BCUT2D eigenvalue weighted by molar-refractivity contribution is 8.00. The van der Waals surface area contributed by atoms with Crippen LogP contribution in [0, 0.1) is 17.8 Å². The molecule has 4 rings (SSSR count). The van der Waals surface area contributed by atoms with Crippen molar-refractivity contribution in [2.75, 3.05) is 54.7 Å². The topological polar surface area (TPSA) is 54.5 Å². The van der Waals surface area contributed by atoms with Crippen LogP contribution in [0.25, 0.3) is 0 Å². The zero-order valence-corrected chi connectivity index (χ0v) is 17.4. The number of sulfone groups is 1. The first-order valence-electron chi connectivity index (χ1n) is 8.49. The van der Waals surface area contributed by atoms with Gasteiger partial charge in [-0.15, -0.1) is 0 Å². The van der Waals surface area contributed by atoms with Crippen molar-refractivity contribution in [1.82, 2.24) is 4.90 Å². The third-order valence-electron chi connectivity index (χ3n) is 3.90. The van der Waals surface area contributed by atoms with Crippen LogP contribution in [-0.2, 0) is 20.6 Å². The summed E-state index contributed by atoms with van der Waals surface area (Å²) < 4.78 is 30.8. The summed E-state index contributed by atoms with van der Waals surface area (Å²) in [7, 11) is -0.810. The van der Waals surface area contributed by atoms with Crippen molar-refractivity contribution in [3.63, 3.8) is 0 Å². The lowest BCUT2D eigenvalue weighted by molar-refractivity contribution is 0.229. The smallest absolute Gasteiger partial charge is 0.150 e. The zero-order valence-electron chi connectivity index (χ0n) is 15.0. The second kappa shape index (κ2) is 10.4. The Labute approximate surface area is 149 Å². The van der Waals surface area contributed by atoms with Crippen molar-refractivity contribution in [2.24, 2.45) is 17.8 Å². The summed E-state index contributed by atoms with van der Waals surface area (Å²) in [5, 5.41) is 0. The molecule has 0 atom stereocenters. The van der Waals surface area contributed by atoms with Crippen LogP contribution in [0.3, 0.4) is 0 Å². The highest BCUT2D eigenvalue weighted by Gasteiger charge is 2.28. The first-order valence-corrected chi connectivity index (χ1v) is 13.0. The van der Waals surface area contributed by atoms with E-state index < -0.39 is 20.6 Å². The van der Waals surface area contributed by atoms with E-state index in [0.29, 0.717) is 17.4 Å². The number of hydrogen-bond acceptors (Lipinski definition) is 5. The molecule has 0 aromatic heterocycles. The van der Waals surface area contributed by atoms with Crippen LogP contribution < -0.4 is 0 Å². The molecule has 7 heteroatoms. The van der Waals surface area contributed by atoms with Gasteiger partial charge in [-0.2, -0.15) is 11.8 Å². The second-order valence-corrected chi connectivity index (χ2v) is 12.1. The van der Waals surface area contributed by atoms with Crippen molar-refractivity contribution in [3.8, 4) is 0 Å².